The van der Waals surface area contributed by atoms with Gasteiger partial charge in [0.15, 0.2) is 0 Å². The summed E-state index contributed by atoms with van der Waals surface area (Å²) in [6.45, 7) is 2.25. The molecular formula is C23H22BrNOS2. The van der Waals surface area contributed by atoms with Gasteiger partial charge in [-0.2, -0.15) is 0 Å². The fourth-order valence-electron chi connectivity index (χ4n) is 3.39. The summed E-state index contributed by atoms with van der Waals surface area (Å²) in [6.07, 6.45) is 8.39. The van der Waals surface area contributed by atoms with Gasteiger partial charge in [-0.3, -0.25) is 4.79 Å². The van der Waals surface area contributed by atoms with Crippen molar-refractivity contribution in [1.82, 2.24) is 0 Å². The van der Waals surface area contributed by atoms with Gasteiger partial charge >= 0.3 is 0 Å². The van der Waals surface area contributed by atoms with Gasteiger partial charge in [-0.25, -0.2) is 0 Å². The average molecular weight is 472 g/mol. The minimum absolute atomic E-state index is 0.0338. The van der Waals surface area contributed by atoms with Crippen molar-refractivity contribution in [2.45, 2.75) is 39.0 Å². The van der Waals surface area contributed by atoms with Crippen LogP contribution in [0.1, 0.15) is 47.9 Å². The Bertz CT molecular complexity index is 1030. The van der Waals surface area contributed by atoms with Crippen LogP contribution >= 0.6 is 38.6 Å². The summed E-state index contributed by atoms with van der Waals surface area (Å²) < 4.78 is 0.967. The number of carbonyl (C=O) groups excluding carboxylic acids is 1. The maximum Gasteiger partial charge on any atom is 0.256 e. The van der Waals surface area contributed by atoms with E-state index in [2.05, 4.69) is 52.4 Å². The van der Waals surface area contributed by atoms with Crippen molar-refractivity contribution in [2.24, 2.45) is 0 Å². The number of rotatable bonds is 7. The highest BCUT2D eigenvalue weighted by atomic mass is 79.9. The molecule has 2 nitrogen and oxygen atoms in total. The second-order valence-corrected chi connectivity index (χ2v) is 10.2. The van der Waals surface area contributed by atoms with E-state index in [0.29, 0.717) is 0 Å². The predicted octanol–water partition coefficient (Wildman–Crippen LogP) is 7.85. The lowest BCUT2D eigenvalue weighted by molar-refractivity contribution is -0.110. The Kier molecular flexibility index (Phi) is 6.14. The number of halogens is 1. The predicted molar refractivity (Wildman–Crippen MR) is 126 cm³/mol. The van der Waals surface area contributed by atoms with Crippen LogP contribution in [0.3, 0.4) is 0 Å². The highest BCUT2D eigenvalue weighted by molar-refractivity contribution is 9.10. The highest BCUT2D eigenvalue weighted by Gasteiger charge is 2.24. The van der Waals surface area contributed by atoms with Crippen LogP contribution in [-0.4, -0.2) is 5.91 Å². The molecule has 144 valence electrons. The van der Waals surface area contributed by atoms with Crippen molar-refractivity contribution in [2.75, 3.05) is 5.32 Å². The second-order valence-electron chi connectivity index (χ2n) is 6.98. The van der Waals surface area contributed by atoms with Crippen molar-refractivity contribution in [3.63, 3.8) is 0 Å². The zero-order chi connectivity index (χ0) is 19.5. The van der Waals surface area contributed by atoms with E-state index in [9.17, 15) is 4.79 Å². The highest BCUT2D eigenvalue weighted by Crippen LogP contribution is 2.38. The van der Waals surface area contributed by atoms with Crippen molar-refractivity contribution in [3.8, 4) is 9.75 Å². The molecule has 28 heavy (non-hydrogen) atoms. The summed E-state index contributed by atoms with van der Waals surface area (Å²) in [5.41, 5.74) is 2.57. The zero-order valence-electron chi connectivity index (χ0n) is 15.8. The van der Waals surface area contributed by atoms with Gasteiger partial charge in [-0.1, -0.05) is 48.2 Å². The van der Waals surface area contributed by atoms with Gasteiger partial charge in [0.25, 0.3) is 5.91 Å². The van der Waals surface area contributed by atoms with E-state index in [-0.39, 0.29) is 5.91 Å². The van der Waals surface area contributed by atoms with E-state index < -0.39 is 0 Å². The minimum atomic E-state index is -0.0338. The fraction of sp³-hybridized carbons (Fsp3) is 0.261. The molecule has 5 heteroatoms. The number of anilines is 1. The smallest absolute Gasteiger partial charge is 0.256 e. The molecule has 4 rings (SSSR count). The number of amides is 1. The maximum atomic E-state index is 12.4. The van der Waals surface area contributed by atoms with E-state index >= 15 is 0 Å². The lowest BCUT2D eigenvalue weighted by atomic mass is 10.1. The number of carbonyl (C=O) groups is 1. The molecular weight excluding hydrogens is 450 g/mol. The quantitative estimate of drug-likeness (QED) is 0.275. The molecule has 0 spiro atoms. The van der Waals surface area contributed by atoms with Gasteiger partial charge in [0.1, 0.15) is 0 Å². The first-order valence-electron chi connectivity index (χ1n) is 9.66. The first-order valence-corrected chi connectivity index (χ1v) is 12.1. The Morgan fingerprint density at radius 1 is 1.00 bits per heavy atom. The molecule has 1 N–H and O–H groups in total. The van der Waals surface area contributed by atoms with Gasteiger partial charge in [-0.05, 0) is 55.3 Å². The Morgan fingerprint density at radius 2 is 1.82 bits per heavy atom. The summed E-state index contributed by atoms with van der Waals surface area (Å²) >= 11 is 7.10. The van der Waals surface area contributed by atoms with Crippen LogP contribution in [0.2, 0.25) is 0 Å². The average Bonchev–Trinajstić information content (AvgIpc) is 3.39. The van der Waals surface area contributed by atoms with Crippen LogP contribution in [0.25, 0.3) is 21.4 Å². The van der Waals surface area contributed by atoms with Gasteiger partial charge in [-0.15, -0.1) is 22.7 Å². The summed E-state index contributed by atoms with van der Waals surface area (Å²) in [5.74, 6) is -0.0338. The molecule has 1 amide bonds. The van der Waals surface area contributed by atoms with E-state index in [1.165, 1.54) is 46.7 Å². The molecule has 2 aromatic heterocycles. The minimum Gasteiger partial charge on any atom is -0.321 e. The summed E-state index contributed by atoms with van der Waals surface area (Å²) in [4.78, 5) is 17.5. The molecule has 0 aliphatic carbocycles. The molecule has 0 radical (unpaired) electrons. The van der Waals surface area contributed by atoms with E-state index in [4.69, 9.17) is 0 Å². The molecule has 1 aromatic carbocycles. The number of hydrogen-bond donors (Lipinski definition) is 1. The van der Waals surface area contributed by atoms with Crippen LogP contribution in [-0.2, 0) is 11.2 Å². The summed E-state index contributed by atoms with van der Waals surface area (Å²) in [5, 5.41) is 2.95. The zero-order valence-corrected chi connectivity index (χ0v) is 19.0. The van der Waals surface area contributed by atoms with Crippen LogP contribution < -0.4 is 5.32 Å². The molecule has 0 bridgehead atoms. The number of nitrogens with one attached hydrogen (secondary N) is 1. The van der Waals surface area contributed by atoms with Gasteiger partial charge < -0.3 is 5.32 Å². The molecule has 0 unspecified atom stereocenters. The van der Waals surface area contributed by atoms with Crippen LogP contribution in [0.5, 0.6) is 0 Å². The van der Waals surface area contributed by atoms with Gasteiger partial charge in [0.2, 0.25) is 0 Å². The number of unbranched alkanes of at least 4 members (excludes halogenated alkanes) is 3. The Labute approximate surface area is 182 Å². The number of aryl methyl sites for hydroxylation is 1. The van der Waals surface area contributed by atoms with Crippen LogP contribution in [0.15, 0.2) is 46.9 Å². The fourth-order valence-corrected chi connectivity index (χ4v) is 5.84. The number of thiophene rings is 2. The van der Waals surface area contributed by atoms with Gasteiger partial charge in [0.05, 0.1) is 11.3 Å². The largest absolute Gasteiger partial charge is 0.321 e. The molecule has 0 fully saturated rings. The maximum absolute atomic E-state index is 12.4. The molecule has 0 atom stereocenters. The topological polar surface area (TPSA) is 29.1 Å². The second kappa shape index (κ2) is 8.76. The van der Waals surface area contributed by atoms with E-state index in [1.807, 2.05) is 35.6 Å². The van der Waals surface area contributed by atoms with Crippen LogP contribution in [0, 0.1) is 0 Å². The molecule has 0 saturated carbocycles. The molecule has 3 aromatic rings. The number of benzene rings is 1. The first-order chi connectivity index (χ1) is 13.6. The Morgan fingerprint density at radius 3 is 2.68 bits per heavy atom. The Balaban J connectivity index is 1.51. The molecule has 1 aliphatic heterocycles. The van der Waals surface area contributed by atoms with Crippen molar-refractivity contribution in [3.05, 3.63) is 62.3 Å². The standard InChI is InChI=1S/C23H22BrNOS2/c1-2-3-4-5-6-16-8-11-21(27-16)22-12-9-17(28-22)14-19-18-10-7-15(24)13-20(18)25-23(19)26/h7-14H,2-6H2,1H3,(H,25,26)/b19-14-. The van der Waals surface area contributed by atoms with Crippen LogP contribution in [0.4, 0.5) is 5.69 Å². The Hall–Kier alpha value is -1.69. The van der Waals surface area contributed by atoms with E-state index in [0.717, 1.165) is 26.2 Å². The third kappa shape index (κ3) is 4.32. The number of hydrogen-bond acceptors (Lipinski definition) is 3. The third-order valence-electron chi connectivity index (χ3n) is 4.86. The lowest BCUT2D eigenvalue weighted by Gasteiger charge is -1.98. The van der Waals surface area contributed by atoms with E-state index in [1.54, 1.807) is 11.3 Å². The number of fused-ring (bicyclic) bond motifs is 1. The first kappa shape index (κ1) is 19.6. The lowest BCUT2D eigenvalue weighted by Crippen LogP contribution is -2.03. The summed E-state index contributed by atoms with van der Waals surface area (Å²) in [6, 6.07) is 14.7. The normalized spacial score (nSPS) is 14.5. The molecule has 0 saturated heterocycles. The van der Waals surface area contributed by atoms with Crippen molar-refractivity contribution >= 4 is 61.8 Å². The molecule has 3 heterocycles. The van der Waals surface area contributed by atoms with Crippen molar-refractivity contribution < 1.29 is 4.79 Å². The monoisotopic (exact) mass is 471 g/mol. The third-order valence-corrected chi connectivity index (χ3v) is 7.73. The SMILES string of the molecule is CCCCCCc1ccc(-c2ccc(/C=C3\C(=O)Nc4cc(Br)ccc43)s2)s1. The molecule has 1 aliphatic rings. The summed E-state index contributed by atoms with van der Waals surface area (Å²) in [7, 11) is 0. The van der Waals surface area contributed by atoms with Gasteiger partial charge in [0, 0.05) is 29.5 Å². The van der Waals surface area contributed by atoms with Crippen molar-refractivity contribution in [1.29, 1.82) is 0 Å².